The van der Waals surface area contributed by atoms with Crippen molar-refractivity contribution in [3.05, 3.63) is 56.7 Å². The number of benzene rings is 2. The summed E-state index contributed by atoms with van der Waals surface area (Å²) in [6.07, 6.45) is 0. The topological polar surface area (TPSA) is 0 Å². The van der Waals surface area contributed by atoms with E-state index in [4.69, 9.17) is 0 Å². The molecule has 0 radical (unpaired) electrons. The summed E-state index contributed by atoms with van der Waals surface area (Å²) in [6.45, 7) is 11.2. The van der Waals surface area contributed by atoms with E-state index in [9.17, 15) is 0 Å². The zero-order valence-electron chi connectivity index (χ0n) is 12.3. The van der Waals surface area contributed by atoms with Crippen LogP contribution in [0.4, 0.5) is 0 Å². The molecule has 0 unspecified atom stereocenters. The van der Waals surface area contributed by atoms with E-state index in [0.29, 0.717) is 0 Å². The Kier molecular flexibility index (Phi) is 4.05. The van der Waals surface area contributed by atoms with Gasteiger partial charge in [-0.2, -0.15) is 0 Å². The zero-order valence-corrected chi connectivity index (χ0v) is 14.5. The van der Waals surface area contributed by atoms with Gasteiger partial charge in [0.25, 0.3) is 0 Å². The lowest BCUT2D eigenvalue weighted by Crippen LogP contribution is -2.11. The van der Waals surface area contributed by atoms with Crippen LogP contribution in [0, 0.1) is 17.4 Å². The Bertz CT molecular complexity index is 604. The van der Waals surface area contributed by atoms with Crippen molar-refractivity contribution in [1.82, 2.24) is 0 Å². The van der Waals surface area contributed by atoms with Gasteiger partial charge in [0.05, 0.1) is 0 Å². The highest BCUT2D eigenvalue weighted by molar-refractivity contribution is 14.1. The molecule has 2 aromatic carbocycles. The van der Waals surface area contributed by atoms with Gasteiger partial charge in [0, 0.05) is 3.57 Å². The van der Waals surface area contributed by atoms with Crippen LogP contribution in [0.25, 0.3) is 11.1 Å². The second-order valence-corrected chi connectivity index (χ2v) is 7.48. The zero-order chi connectivity index (χ0) is 14.2. The molecule has 19 heavy (non-hydrogen) atoms. The SMILES string of the molecule is Cc1cc(I)ccc1-c1ccc(C(C)(C)C)cc1C. The molecule has 1 heteroatoms. The number of aryl methyl sites for hydroxylation is 2. The molecule has 100 valence electrons. The van der Waals surface area contributed by atoms with E-state index in [1.165, 1.54) is 31.4 Å². The minimum Gasteiger partial charge on any atom is -0.0579 e. The van der Waals surface area contributed by atoms with E-state index >= 15 is 0 Å². The van der Waals surface area contributed by atoms with Crippen molar-refractivity contribution in [2.24, 2.45) is 0 Å². The third-order valence-electron chi connectivity index (χ3n) is 3.57. The van der Waals surface area contributed by atoms with Crippen molar-refractivity contribution in [2.75, 3.05) is 0 Å². The molecular formula is C18H21I. The first-order chi connectivity index (χ1) is 8.79. The summed E-state index contributed by atoms with van der Waals surface area (Å²) in [4.78, 5) is 0. The van der Waals surface area contributed by atoms with Gasteiger partial charge in [0.15, 0.2) is 0 Å². The van der Waals surface area contributed by atoms with Crippen molar-refractivity contribution in [3.8, 4) is 11.1 Å². The van der Waals surface area contributed by atoms with Crippen LogP contribution >= 0.6 is 22.6 Å². The Hall–Kier alpha value is -0.830. The maximum atomic E-state index is 2.37. The molecule has 0 amide bonds. The lowest BCUT2D eigenvalue weighted by atomic mass is 9.84. The fraction of sp³-hybridized carbons (Fsp3) is 0.333. The van der Waals surface area contributed by atoms with Gasteiger partial charge in [0.1, 0.15) is 0 Å². The third kappa shape index (κ3) is 3.19. The summed E-state index contributed by atoms with van der Waals surface area (Å²) in [5.41, 5.74) is 7.01. The van der Waals surface area contributed by atoms with Crippen LogP contribution in [0.15, 0.2) is 36.4 Å². The summed E-state index contributed by atoms with van der Waals surface area (Å²) < 4.78 is 1.29. The smallest absolute Gasteiger partial charge is 0.0133 e. The standard InChI is InChI=1S/C18H21I/c1-12-10-14(18(3,4)5)6-8-16(12)17-9-7-15(19)11-13(17)2/h6-11H,1-5H3. The Morgan fingerprint density at radius 3 is 1.79 bits per heavy atom. The molecule has 0 aromatic heterocycles. The van der Waals surface area contributed by atoms with Crippen LogP contribution < -0.4 is 0 Å². The van der Waals surface area contributed by atoms with E-state index in [1.54, 1.807) is 0 Å². The maximum Gasteiger partial charge on any atom is 0.0133 e. The molecule has 0 nitrogen and oxygen atoms in total. The maximum absolute atomic E-state index is 2.37. The van der Waals surface area contributed by atoms with E-state index in [0.717, 1.165) is 0 Å². The van der Waals surface area contributed by atoms with Crippen molar-refractivity contribution in [1.29, 1.82) is 0 Å². The van der Waals surface area contributed by atoms with Gasteiger partial charge in [-0.25, -0.2) is 0 Å². The van der Waals surface area contributed by atoms with Crippen molar-refractivity contribution >= 4 is 22.6 Å². The van der Waals surface area contributed by atoms with Crippen molar-refractivity contribution in [3.63, 3.8) is 0 Å². The summed E-state index contributed by atoms with van der Waals surface area (Å²) in [7, 11) is 0. The van der Waals surface area contributed by atoms with E-state index in [2.05, 4.69) is 93.6 Å². The molecule has 2 aromatic rings. The van der Waals surface area contributed by atoms with Gasteiger partial charge in [-0.05, 0) is 81.8 Å². The van der Waals surface area contributed by atoms with E-state index < -0.39 is 0 Å². The molecular weight excluding hydrogens is 343 g/mol. The lowest BCUT2D eigenvalue weighted by molar-refractivity contribution is 0.590. The van der Waals surface area contributed by atoms with Crippen LogP contribution in [0.3, 0.4) is 0 Å². The minimum atomic E-state index is 0.213. The molecule has 0 aliphatic heterocycles. The Balaban J connectivity index is 2.52. The second-order valence-electron chi connectivity index (χ2n) is 6.24. The molecule has 0 aliphatic carbocycles. The fourth-order valence-corrected chi connectivity index (χ4v) is 3.01. The first kappa shape index (κ1) is 14.6. The molecule has 0 fully saturated rings. The normalized spacial score (nSPS) is 11.7. The highest BCUT2D eigenvalue weighted by Gasteiger charge is 2.15. The first-order valence-corrected chi connectivity index (χ1v) is 7.74. The summed E-state index contributed by atoms with van der Waals surface area (Å²) in [6, 6.07) is 13.5. The number of hydrogen-bond acceptors (Lipinski definition) is 0. The first-order valence-electron chi connectivity index (χ1n) is 6.67. The lowest BCUT2D eigenvalue weighted by Gasteiger charge is -2.21. The molecule has 0 aliphatic rings. The van der Waals surface area contributed by atoms with Gasteiger partial charge in [0.2, 0.25) is 0 Å². The summed E-state index contributed by atoms with van der Waals surface area (Å²) in [5, 5.41) is 0. The molecule has 0 saturated heterocycles. The Morgan fingerprint density at radius 1 is 0.789 bits per heavy atom. The van der Waals surface area contributed by atoms with Gasteiger partial charge >= 0.3 is 0 Å². The second kappa shape index (κ2) is 5.28. The number of rotatable bonds is 1. The molecule has 0 atom stereocenters. The monoisotopic (exact) mass is 364 g/mol. The van der Waals surface area contributed by atoms with Gasteiger partial charge in [-0.15, -0.1) is 0 Å². The van der Waals surface area contributed by atoms with Crippen molar-refractivity contribution < 1.29 is 0 Å². The van der Waals surface area contributed by atoms with E-state index in [-0.39, 0.29) is 5.41 Å². The van der Waals surface area contributed by atoms with E-state index in [1.807, 2.05) is 0 Å². The Labute approximate surface area is 130 Å². The highest BCUT2D eigenvalue weighted by Crippen LogP contribution is 2.31. The molecule has 0 heterocycles. The average Bonchev–Trinajstić information content (AvgIpc) is 2.28. The molecule has 0 bridgehead atoms. The highest BCUT2D eigenvalue weighted by atomic mass is 127. The largest absolute Gasteiger partial charge is 0.0579 e. The summed E-state index contributed by atoms with van der Waals surface area (Å²) in [5.74, 6) is 0. The number of halogens is 1. The predicted octanol–water partition coefficient (Wildman–Crippen LogP) is 5.87. The quantitative estimate of drug-likeness (QED) is 0.555. The molecule has 0 N–H and O–H groups in total. The van der Waals surface area contributed by atoms with Gasteiger partial charge < -0.3 is 0 Å². The van der Waals surface area contributed by atoms with Gasteiger partial charge in [-0.3, -0.25) is 0 Å². The van der Waals surface area contributed by atoms with Crippen LogP contribution in [-0.2, 0) is 5.41 Å². The third-order valence-corrected chi connectivity index (χ3v) is 4.24. The van der Waals surface area contributed by atoms with Crippen LogP contribution in [0.2, 0.25) is 0 Å². The van der Waals surface area contributed by atoms with Crippen LogP contribution in [0.5, 0.6) is 0 Å². The molecule has 0 saturated carbocycles. The van der Waals surface area contributed by atoms with Crippen LogP contribution in [-0.4, -0.2) is 0 Å². The predicted molar refractivity (Wildman–Crippen MR) is 92.8 cm³/mol. The minimum absolute atomic E-state index is 0.213. The molecule has 2 rings (SSSR count). The van der Waals surface area contributed by atoms with Crippen LogP contribution in [0.1, 0.15) is 37.5 Å². The fourth-order valence-electron chi connectivity index (χ4n) is 2.36. The summed E-state index contributed by atoms with van der Waals surface area (Å²) >= 11 is 2.37. The average molecular weight is 364 g/mol. The van der Waals surface area contributed by atoms with Crippen molar-refractivity contribution in [2.45, 2.75) is 40.0 Å². The van der Waals surface area contributed by atoms with Gasteiger partial charge in [-0.1, -0.05) is 45.0 Å². The molecule has 0 spiro atoms. The Morgan fingerprint density at radius 2 is 1.32 bits per heavy atom. The number of hydrogen-bond donors (Lipinski definition) is 0.